The molecule has 23 heavy (non-hydrogen) atoms. The van der Waals surface area contributed by atoms with E-state index >= 15 is 0 Å². The summed E-state index contributed by atoms with van der Waals surface area (Å²) in [6, 6.07) is 3.79. The van der Waals surface area contributed by atoms with E-state index in [9.17, 15) is 5.11 Å². The molecule has 0 saturated carbocycles. The van der Waals surface area contributed by atoms with Crippen LogP contribution in [0, 0.1) is 0 Å². The highest BCUT2D eigenvalue weighted by molar-refractivity contribution is 5.87. The lowest BCUT2D eigenvalue weighted by Crippen LogP contribution is -2.37. The van der Waals surface area contributed by atoms with Gasteiger partial charge in [-0.05, 0) is 31.1 Å². The van der Waals surface area contributed by atoms with Crippen LogP contribution in [-0.4, -0.2) is 27.2 Å². The molecule has 3 heterocycles. The minimum atomic E-state index is -0.371. The van der Waals surface area contributed by atoms with Crippen LogP contribution in [0.5, 0.6) is 0 Å². The van der Waals surface area contributed by atoms with Crippen molar-refractivity contribution in [3.8, 4) is 0 Å². The molecule has 0 spiro atoms. The third kappa shape index (κ3) is 3.19. The summed E-state index contributed by atoms with van der Waals surface area (Å²) in [6.45, 7) is 4.12. The van der Waals surface area contributed by atoms with Crippen molar-refractivity contribution in [2.75, 3.05) is 5.73 Å². The fraction of sp³-hybridized carbons (Fsp3) is 0.333. The molecule has 2 unspecified atom stereocenters. The first kappa shape index (κ1) is 15.5. The smallest absolute Gasteiger partial charge is 0.123 e. The Morgan fingerprint density at radius 1 is 1.26 bits per heavy atom. The largest absolute Gasteiger partial charge is 0.391 e. The molecule has 0 amide bonds. The minimum Gasteiger partial charge on any atom is -0.391 e. The van der Waals surface area contributed by atoms with Gasteiger partial charge in [-0.2, -0.15) is 0 Å². The number of hydrogen-bond acceptors (Lipinski definition) is 5. The Morgan fingerprint density at radius 3 is 2.74 bits per heavy atom. The van der Waals surface area contributed by atoms with Gasteiger partial charge in [-0.15, -0.1) is 0 Å². The summed E-state index contributed by atoms with van der Waals surface area (Å²) >= 11 is 0. The number of allylic oxidation sites excluding steroid dienone is 2. The molecule has 3 rings (SSSR count). The van der Waals surface area contributed by atoms with Crippen LogP contribution in [-0.2, 0) is 0 Å². The van der Waals surface area contributed by atoms with Crippen molar-refractivity contribution in [1.82, 2.24) is 15.3 Å². The molecule has 1 aliphatic heterocycles. The number of nitrogen functional groups attached to an aromatic ring is 1. The molecule has 0 fully saturated rings. The van der Waals surface area contributed by atoms with E-state index in [1.165, 1.54) is 0 Å². The van der Waals surface area contributed by atoms with Crippen molar-refractivity contribution in [3.63, 3.8) is 0 Å². The number of nitrogens with one attached hydrogen (secondary N) is 1. The van der Waals surface area contributed by atoms with Gasteiger partial charge in [0.05, 0.1) is 17.8 Å². The molecule has 2 atom stereocenters. The average molecular weight is 310 g/mol. The molecule has 0 aromatic carbocycles. The van der Waals surface area contributed by atoms with E-state index in [1.54, 1.807) is 6.20 Å². The van der Waals surface area contributed by atoms with Crippen LogP contribution in [0.2, 0.25) is 0 Å². The Hall–Kier alpha value is -2.40. The summed E-state index contributed by atoms with van der Waals surface area (Å²) in [5.41, 5.74) is 8.73. The summed E-state index contributed by atoms with van der Waals surface area (Å²) in [5.74, 6) is 0.495. The maximum atomic E-state index is 10.1. The van der Waals surface area contributed by atoms with Gasteiger partial charge < -0.3 is 16.2 Å². The molecular weight excluding hydrogens is 288 g/mol. The average Bonchev–Trinajstić information content (AvgIpc) is 2.54. The summed E-state index contributed by atoms with van der Waals surface area (Å²) in [4.78, 5) is 8.67. The lowest BCUT2D eigenvalue weighted by atomic mass is 9.95. The summed E-state index contributed by atoms with van der Waals surface area (Å²) < 4.78 is 0. The number of fused-ring (bicyclic) bond motifs is 1. The number of rotatable bonds is 4. The lowest BCUT2D eigenvalue weighted by Gasteiger charge is -2.26. The molecule has 0 bridgehead atoms. The highest BCUT2D eigenvalue weighted by atomic mass is 16.3. The monoisotopic (exact) mass is 310 g/mol. The first-order chi connectivity index (χ1) is 11.1. The molecule has 5 heteroatoms. The quantitative estimate of drug-likeness (QED) is 0.808. The van der Waals surface area contributed by atoms with Gasteiger partial charge >= 0.3 is 0 Å². The van der Waals surface area contributed by atoms with Crippen molar-refractivity contribution in [3.05, 3.63) is 48.1 Å². The van der Waals surface area contributed by atoms with Gasteiger partial charge in [-0.25, -0.2) is 4.98 Å². The van der Waals surface area contributed by atoms with Crippen LogP contribution < -0.4 is 11.1 Å². The molecule has 0 aliphatic carbocycles. The lowest BCUT2D eigenvalue weighted by molar-refractivity contribution is 0.140. The normalized spacial score (nSPS) is 19.0. The number of aliphatic hydroxyl groups is 1. The number of pyridine rings is 2. The molecule has 2 aromatic heterocycles. The molecular formula is C18H22N4O. The van der Waals surface area contributed by atoms with Crippen molar-refractivity contribution < 1.29 is 5.11 Å². The molecule has 0 saturated heterocycles. The number of nitrogens with zero attached hydrogens (tertiary/aromatic N) is 2. The molecule has 1 aliphatic rings. The first-order valence-electron chi connectivity index (χ1n) is 7.93. The minimum absolute atomic E-state index is 0.0411. The van der Waals surface area contributed by atoms with E-state index in [4.69, 9.17) is 5.73 Å². The van der Waals surface area contributed by atoms with Gasteiger partial charge in [0.15, 0.2) is 0 Å². The summed E-state index contributed by atoms with van der Waals surface area (Å²) in [5, 5.41) is 15.4. The zero-order valence-corrected chi connectivity index (χ0v) is 13.5. The van der Waals surface area contributed by atoms with Crippen LogP contribution in [0.25, 0.3) is 16.3 Å². The van der Waals surface area contributed by atoms with Crippen LogP contribution in [0.15, 0.2) is 42.4 Å². The summed E-state index contributed by atoms with van der Waals surface area (Å²) in [6.07, 6.45) is 8.97. The van der Waals surface area contributed by atoms with E-state index in [0.717, 1.165) is 40.5 Å². The van der Waals surface area contributed by atoms with E-state index < -0.39 is 0 Å². The van der Waals surface area contributed by atoms with Gasteiger partial charge in [-0.1, -0.05) is 19.4 Å². The molecule has 5 nitrogen and oxygen atoms in total. The standard InChI is InChI=1S/C18H22N4O/c1-3-4-17(23)16-5-11(2)14(10-21-16)15-6-12-9-22-18(19)7-13(12)8-20-15/h5-10,16-17,21,23H,3-4H2,1-2H3,(H2,19,22). The number of aromatic nitrogens is 2. The second-order valence-electron chi connectivity index (χ2n) is 5.98. The maximum absolute atomic E-state index is 10.1. The second-order valence-corrected chi connectivity index (χ2v) is 5.98. The predicted molar refractivity (Wildman–Crippen MR) is 93.5 cm³/mol. The Balaban J connectivity index is 1.88. The zero-order valence-electron chi connectivity index (χ0n) is 13.5. The van der Waals surface area contributed by atoms with Crippen molar-refractivity contribution in [2.24, 2.45) is 0 Å². The van der Waals surface area contributed by atoms with Crippen LogP contribution in [0.1, 0.15) is 32.4 Å². The maximum Gasteiger partial charge on any atom is 0.123 e. The number of hydrogen-bond donors (Lipinski definition) is 3. The van der Waals surface area contributed by atoms with E-state index in [-0.39, 0.29) is 12.1 Å². The van der Waals surface area contributed by atoms with E-state index in [2.05, 4.69) is 28.3 Å². The van der Waals surface area contributed by atoms with Gasteiger partial charge in [0.2, 0.25) is 0 Å². The van der Waals surface area contributed by atoms with Crippen molar-refractivity contribution in [1.29, 1.82) is 0 Å². The zero-order chi connectivity index (χ0) is 16.4. The highest BCUT2D eigenvalue weighted by Gasteiger charge is 2.20. The predicted octanol–water partition coefficient (Wildman–Crippen LogP) is 2.63. The number of dihydropyridines is 1. The Morgan fingerprint density at radius 2 is 2.00 bits per heavy atom. The van der Waals surface area contributed by atoms with Crippen molar-refractivity contribution >= 4 is 22.2 Å². The molecule has 4 N–H and O–H groups in total. The SMILES string of the molecule is CCCC(O)C1C=C(C)C(c2cc3cnc(N)cc3cn2)=CN1. The topological polar surface area (TPSA) is 84.1 Å². The molecule has 120 valence electrons. The van der Waals surface area contributed by atoms with Gasteiger partial charge in [-0.3, -0.25) is 4.98 Å². The first-order valence-corrected chi connectivity index (χ1v) is 7.93. The van der Waals surface area contributed by atoms with Crippen LogP contribution >= 0.6 is 0 Å². The number of anilines is 1. The second kappa shape index (κ2) is 6.38. The Bertz CT molecular complexity index is 782. The van der Waals surface area contributed by atoms with Gasteiger partial charge in [0.25, 0.3) is 0 Å². The number of nitrogens with two attached hydrogens (primary N) is 1. The van der Waals surface area contributed by atoms with Gasteiger partial charge in [0.1, 0.15) is 5.82 Å². The highest BCUT2D eigenvalue weighted by Crippen LogP contribution is 2.27. The van der Waals surface area contributed by atoms with Crippen molar-refractivity contribution in [2.45, 2.75) is 38.8 Å². The van der Waals surface area contributed by atoms with Gasteiger partial charge in [0, 0.05) is 34.9 Å². The van der Waals surface area contributed by atoms with E-state index in [0.29, 0.717) is 5.82 Å². The molecule has 2 aromatic rings. The third-order valence-electron chi connectivity index (χ3n) is 4.17. The third-order valence-corrected chi connectivity index (χ3v) is 4.17. The molecule has 0 radical (unpaired) electrons. The summed E-state index contributed by atoms with van der Waals surface area (Å²) in [7, 11) is 0. The van der Waals surface area contributed by atoms with Crippen LogP contribution in [0.4, 0.5) is 5.82 Å². The van der Waals surface area contributed by atoms with Crippen LogP contribution in [0.3, 0.4) is 0 Å². The van der Waals surface area contributed by atoms with E-state index in [1.807, 2.05) is 31.5 Å². The Labute approximate surface area is 136 Å². The number of aliphatic hydroxyl groups excluding tert-OH is 1. The Kier molecular flexibility index (Phi) is 4.30. The fourth-order valence-corrected chi connectivity index (χ4v) is 2.88. The fourth-order valence-electron chi connectivity index (χ4n) is 2.88.